The minimum Gasteiger partial charge on any atom is -0.496 e. The number of carbonyl (C=O) groups excluding carboxylic acids is 1. The molecule has 9 nitrogen and oxygen atoms in total. The van der Waals surface area contributed by atoms with Crippen molar-refractivity contribution in [3.63, 3.8) is 0 Å². The molecular weight excluding hydrogens is 430 g/mol. The summed E-state index contributed by atoms with van der Waals surface area (Å²) >= 11 is 0. The maximum absolute atomic E-state index is 12.7. The fraction of sp³-hybridized carbons (Fsp3) is 0.240. The first-order chi connectivity index (χ1) is 16.5. The molecule has 1 aliphatic rings. The molecule has 1 N–H and O–H groups in total. The molecule has 0 aliphatic carbocycles. The Balaban J connectivity index is 1.41. The highest BCUT2D eigenvalue weighted by Crippen LogP contribution is 2.33. The van der Waals surface area contributed by atoms with Crippen molar-refractivity contribution in [1.29, 1.82) is 0 Å². The summed E-state index contributed by atoms with van der Waals surface area (Å²) in [5.74, 6) is 1.71. The van der Waals surface area contributed by atoms with Gasteiger partial charge in [-0.1, -0.05) is 24.3 Å². The molecule has 0 saturated heterocycles. The second-order valence-corrected chi connectivity index (χ2v) is 8.24. The van der Waals surface area contributed by atoms with Crippen LogP contribution in [0.25, 0.3) is 11.1 Å². The van der Waals surface area contributed by atoms with Crippen LogP contribution in [0.15, 0.2) is 54.7 Å². The summed E-state index contributed by atoms with van der Waals surface area (Å²) in [7, 11) is 1.63. The van der Waals surface area contributed by atoms with Crippen molar-refractivity contribution in [3.8, 4) is 16.9 Å². The van der Waals surface area contributed by atoms with Crippen molar-refractivity contribution < 1.29 is 9.53 Å². The van der Waals surface area contributed by atoms with Gasteiger partial charge in [-0.3, -0.25) is 9.69 Å². The van der Waals surface area contributed by atoms with Crippen molar-refractivity contribution in [2.45, 2.75) is 33.4 Å². The zero-order valence-corrected chi connectivity index (χ0v) is 19.3. The Morgan fingerprint density at radius 3 is 2.76 bits per heavy atom. The third-order valence-electron chi connectivity index (χ3n) is 5.87. The van der Waals surface area contributed by atoms with E-state index in [0.717, 1.165) is 33.6 Å². The SMILES string of the molecule is COc1cc(Nc2nc3n(n2)CCC(=O)N3Cc2ccccc2C)ccc1-c1cnnc(C)c1. The lowest BCUT2D eigenvalue weighted by atomic mass is 10.1. The molecule has 172 valence electrons. The number of aryl methyl sites for hydroxylation is 3. The van der Waals surface area contributed by atoms with Crippen molar-refractivity contribution in [3.05, 3.63) is 71.5 Å². The van der Waals surface area contributed by atoms with Crippen LogP contribution in [0, 0.1) is 13.8 Å². The maximum atomic E-state index is 12.7. The lowest BCUT2D eigenvalue weighted by molar-refractivity contribution is -0.119. The lowest BCUT2D eigenvalue weighted by Gasteiger charge is -2.26. The molecular formula is C25H25N7O2. The van der Waals surface area contributed by atoms with Gasteiger partial charge in [-0.25, -0.2) is 4.68 Å². The smallest absolute Gasteiger partial charge is 0.248 e. The average Bonchev–Trinajstić information content (AvgIpc) is 3.24. The molecule has 0 bridgehead atoms. The Hall–Kier alpha value is -4.27. The first-order valence-electron chi connectivity index (χ1n) is 11.1. The number of ether oxygens (including phenoxy) is 1. The van der Waals surface area contributed by atoms with Crippen LogP contribution in [-0.2, 0) is 17.9 Å². The second kappa shape index (κ2) is 8.93. The van der Waals surface area contributed by atoms with E-state index in [1.165, 1.54) is 0 Å². The van der Waals surface area contributed by atoms with Gasteiger partial charge in [0.05, 0.1) is 32.1 Å². The summed E-state index contributed by atoms with van der Waals surface area (Å²) < 4.78 is 7.40. The van der Waals surface area contributed by atoms with Gasteiger partial charge in [0, 0.05) is 29.3 Å². The molecule has 2 aromatic heterocycles. The van der Waals surface area contributed by atoms with E-state index < -0.39 is 0 Å². The third-order valence-corrected chi connectivity index (χ3v) is 5.87. The Kier molecular flexibility index (Phi) is 5.67. The van der Waals surface area contributed by atoms with Gasteiger partial charge in [0.15, 0.2) is 0 Å². The van der Waals surface area contributed by atoms with Crippen LogP contribution in [0.1, 0.15) is 23.2 Å². The summed E-state index contributed by atoms with van der Waals surface area (Å²) in [4.78, 5) is 19.1. The molecule has 3 heterocycles. The molecule has 0 spiro atoms. The molecule has 1 aliphatic heterocycles. The van der Waals surface area contributed by atoms with Crippen LogP contribution in [-0.4, -0.2) is 38.0 Å². The third kappa shape index (κ3) is 4.19. The molecule has 0 atom stereocenters. The normalized spacial score (nSPS) is 13.0. The molecule has 5 rings (SSSR count). The van der Waals surface area contributed by atoms with E-state index in [1.807, 2.05) is 62.4 Å². The molecule has 0 radical (unpaired) electrons. The molecule has 0 saturated carbocycles. The number of amides is 1. The highest BCUT2D eigenvalue weighted by molar-refractivity contribution is 5.93. The number of fused-ring (bicyclic) bond motifs is 1. The maximum Gasteiger partial charge on any atom is 0.248 e. The number of benzene rings is 2. The van der Waals surface area contributed by atoms with E-state index in [4.69, 9.17) is 4.74 Å². The van der Waals surface area contributed by atoms with Gasteiger partial charge in [-0.15, -0.1) is 5.10 Å². The predicted molar refractivity (Wildman–Crippen MR) is 129 cm³/mol. The fourth-order valence-corrected chi connectivity index (χ4v) is 4.06. The summed E-state index contributed by atoms with van der Waals surface area (Å²) in [5, 5.41) is 15.9. The number of carbonyl (C=O) groups is 1. The van der Waals surface area contributed by atoms with Gasteiger partial charge in [-0.2, -0.15) is 15.2 Å². The highest BCUT2D eigenvalue weighted by atomic mass is 16.5. The van der Waals surface area contributed by atoms with Gasteiger partial charge in [-0.05, 0) is 43.2 Å². The van der Waals surface area contributed by atoms with E-state index in [9.17, 15) is 4.79 Å². The Morgan fingerprint density at radius 1 is 1.12 bits per heavy atom. The van der Waals surface area contributed by atoms with Gasteiger partial charge in [0.25, 0.3) is 0 Å². The Morgan fingerprint density at radius 2 is 1.97 bits per heavy atom. The largest absolute Gasteiger partial charge is 0.496 e. The van der Waals surface area contributed by atoms with E-state index in [2.05, 4.69) is 25.6 Å². The fourth-order valence-electron chi connectivity index (χ4n) is 4.06. The molecule has 0 unspecified atom stereocenters. The minimum absolute atomic E-state index is 0.0435. The minimum atomic E-state index is 0.0435. The van der Waals surface area contributed by atoms with E-state index in [-0.39, 0.29) is 5.91 Å². The number of hydrogen-bond acceptors (Lipinski definition) is 7. The summed E-state index contributed by atoms with van der Waals surface area (Å²) in [6.45, 7) is 4.91. The lowest BCUT2D eigenvalue weighted by Crippen LogP contribution is -2.37. The monoisotopic (exact) mass is 455 g/mol. The predicted octanol–water partition coefficient (Wildman–Crippen LogP) is 4.04. The number of aromatic nitrogens is 5. The van der Waals surface area contributed by atoms with Crippen molar-refractivity contribution in [2.24, 2.45) is 0 Å². The first kappa shape index (κ1) is 21.6. The van der Waals surface area contributed by atoms with Crippen molar-refractivity contribution >= 4 is 23.5 Å². The summed E-state index contributed by atoms with van der Waals surface area (Å²) in [6, 6.07) is 15.8. The molecule has 4 aromatic rings. The zero-order valence-electron chi connectivity index (χ0n) is 19.3. The zero-order chi connectivity index (χ0) is 23.7. The quantitative estimate of drug-likeness (QED) is 0.468. The number of methoxy groups -OCH3 is 1. The molecule has 34 heavy (non-hydrogen) atoms. The molecule has 2 aromatic carbocycles. The average molecular weight is 456 g/mol. The number of rotatable bonds is 6. The molecule has 0 fully saturated rings. The van der Waals surface area contributed by atoms with E-state index in [0.29, 0.717) is 37.2 Å². The Labute approximate surface area is 197 Å². The standard InChI is InChI=1S/C25H25N7O2/c1-16-6-4-5-7-18(16)15-31-23(33)10-11-32-25(31)28-24(30-32)27-20-8-9-21(22(13-20)34-3)19-12-17(2)29-26-14-19/h4-9,12-14H,10-11,15H2,1-3H3,(H,27,30). The van der Waals surface area contributed by atoms with Crippen LogP contribution in [0.5, 0.6) is 5.75 Å². The number of anilines is 3. The summed E-state index contributed by atoms with van der Waals surface area (Å²) in [5.41, 5.74) is 5.67. The van der Waals surface area contributed by atoms with Crippen LogP contribution < -0.4 is 15.0 Å². The number of hydrogen-bond donors (Lipinski definition) is 1. The van der Waals surface area contributed by atoms with Gasteiger partial charge in [0.2, 0.25) is 17.8 Å². The highest BCUT2D eigenvalue weighted by Gasteiger charge is 2.28. The van der Waals surface area contributed by atoms with Gasteiger partial charge >= 0.3 is 0 Å². The van der Waals surface area contributed by atoms with Crippen molar-refractivity contribution in [1.82, 2.24) is 25.0 Å². The first-order valence-corrected chi connectivity index (χ1v) is 11.1. The Bertz CT molecular complexity index is 1370. The number of nitrogens with zero attached hydrogens (tertiary/aromatic N) is 6. The van der Waals surface area contributed by atoms with Gasteiger partial charge in [0.1, 0.15) is 5.75 Å². The van der Waals surface area contributed by atoms with Crippen molar-refractivity contribution in [2.75, 3.05) is 17.3 Å². The van der Waals surface area contributed by atoms with Crippen LogP contribution >= 0.6 is 0 Å². The van der Waals surface area contributed by atoms with Crippen LogP contribution in [0.4, 0.5) is 17.6 Å². The second-order valence-electron chi connectivity index (χ2n) is 8.24. The van der Waals surface area contributed by atoms with E-state index in [1.54, 1.807) is 22.9 Å². The molecule has 1 amide bonds. The number of nitrogens with one attached hydrogen (secondary N) is 1. The van der Waals surface area contributed by atoms with E-state index >= 15 is 0 Å². The van der Waals surface area contributed by atoms with Gasteiger partial charge < -0.3 is 10.1 Å². The van der Waals surface area contributed by atoms with Crippen LogP contribution in [0.2, 0.25) is 0 Å². The topological polar surface area (TPSA) is 98.1 Å². The summed E-state index contributed by atoms with van der Waals surface area (Å²) in [6.07, 6.45) is 2.10. The van der Waals surface area contributed by atoms with Crippen LogP contribution in [0.3, 0.4) is 0 Å². The molecule has 9 heteroatoms.